The van der Waals surface area contributed by atoms with Gasteiger partial charge in [-0.15, -0.1) is 0 Å². The normalized spacial score (nSPS) is 12.0. The highest BCUT2D eigenvalue weighted by atomic mass is 16.6. The number of esters is 3. The SMILES string of the molecule is CCCCCCCCC/C=C\CCCCCCCCCC(=O)OC(COC(=O)CCCCCCCCCCCCCCC)COC(=O)CCCCCCCCCCCCCCCCCCCCCCCCCCCCCCCC. The number of hydrogen-bond acceptors (Lipinski definition) is 6. The van der Waals surface area contributed by atoms with Gasteiger partial charge in [0.2, 0.25) is 0 Å². The van der Waals surface area contributed by atoms with Gasteiger partial charge in [0.05, 0.1) is 0 Å². The molecule has 0 aliphatic carbocycles. The Balaban J connectivity index is 4.13. The standard InChI is InChI=1S/C73H140O6/c1-4-7-10-13-16-19-22-25-27-29-31-32-33-34-35-36-37-38-39-40-41-42-44-45-48-51-54-57-60-63-66-72(75)78-69-70(68-77-71(74)65-62-59-56-53-50-47-24-21-18-15-12-9-6-3)79-73(76)67-64-61-58-55-52-49-46-43-30-28-26-23-20-17-14-11-8-5-2/h28,30,70H,4-27,29,31-69H2,1-3H3/b30-28-. The predicted molar refractivity (Wildman–Crippen MR) is 344 cm³/mol. The molecule has 0 N–H and O–H groups in total. The van der Waals surface area contributed by atoms with E-state index in [1.807, 2.05) is 0 Å². The van der Waals surface area contributed by atoms with Crippen molar-refractivity contribution < 1.29 is 28.6 Å². The van der Waals surface area contributed by atoms with E-state index >= 15 is 0 Å². The van der Waals surface area contributed by atoms with E-state index in [4.69, 9.17) is 14.2 Å². The number of hydrogen-bond donors (Lipinski definition) is 0. The van der Waals surface area contributed by atoms with E-state index < -0.39 is 6.10 Å². The van der Waals surface area contributed by atoms with Crippen LogP contribution in [-0.4, -0.2) is 37.2 Å². The van der Waals surface area contributed by atoms with Gasteiger partial charge in [0.25, 0.3) is 0 Å². The molecule has 6 heteroatoms. The molecule has 0 aromatic heterocycles. The average molecular weight is 1110 g/mol. The number of unbranched alkanes of at least 4 members (excludes halogenated alkanes) is 55. The zero-order valence-corrected chi connectivity index (χ0v) is 53.9. The molecule has 468 valence electrons. The van der Waals surface area contributed by atoms with E-state index in [9.17, 15) is 14.4 Å². The van der Waals surface area contributed by atoms with Crippen LogP contribution in [0.5, 0.6) is 0 Å². The monoisotopic (exact) mass is 1110 g/mol. The minimum absolute atomic E-state index is 0.0650. The molecule has 0 rings (SSSR count). The number of rotatable bonds is 68. The van der Waals surface area contributed by atoms with Crippen LogP contribution >= 0.6 is 0 Å². The summed E-state index contributed by atoms with van der Waals surface area (Å²) in [5, 5.41) is 0. The van der Waals surface area contributed by atoms with Gasteiger partial charge in [0, 0.05) is 19.3 Å². The van der Waals surface area contributed by atoms with Crippen molar-refractivity contribution in [3.8, 4) is 0 Å². The van der Waals surface area contributed by atoms with E-state index in [1.165, 1.54) is 321 Å². The van der Waals surface area contributed by atoms with Gasteiger partial charge in [-0.1, -0.05) is 367 Å². The number of carbonyl (C=O) groups excluding carboxylic acids is 3. The minimum atomic E-state index is -0.768. The maximum Gasteiger partial charge on any atom is 0.306 e. The molecule has 0 aliphatic heterocycles. The lowest BCUT2D eigenvalue weighted by atomic mass is 10.0. The van der Waals surface area contributed by atoms with E-state index in [0.29, 0.717) is 19.3 Å². The molecule has 1 unspecified atom stereocenters. The first-order chi connectivity index (χ1) is 39.0. The summed E-state index contributed by atoms with van der Waals surface area (Å²) in [7, 11) is 0. The molecule has 0 radical (unpaired) electrons. The first kappa shape index (κ1) is 77.2. The zero-order chi connectivity index (χ0) is 57.1. The Kier molecular flexibility index (Phi) is 67.0. The van der Waals surface area contributed by atoms with Crippen molar-refractivity contribution in [3.05, 3.63) is 12.2 Å². The van der Waals surface area contributed by atoms with E-state index in [1.54, 1.807) is 0 Å². The quantitative estimate of drug-likeness (QED) is 0.0261. The molecule has 0 aliphatic rings. The number of allylic oxidation sites excluding steroid dienone is 2. The molecule has 0 fully saturated rings. The van der Waals surface area contributed by atoms with Crippen LogP contribution in [0.1, 0.15) is 419 Å². The van der Waals surface area contributed by atoms with E-state index in [-0.39, 0.29) is 31.1 Å². The Labute approximate surface area is 494 Å². The summed E-state index contributed by atoms with van der Waals surface area (Å²) in [4.78, 5) is 38.4. The predicted octanol–water partition coefficient (Wildman–Crippen LogP) is 24.8. The molecule has 0 bridgehead atoms. The van der Waals surface area contributed by atoms with Crippen molar-refractivity contribution in [1.29, 1.82) is 0 Å². The molecule has 6 nitrogen and oxygen atoms in total. The van der Waals surface area contributed by atoms with Gasteiger partial charge in [0.15, 0.2) is 6.10 Å². The Hall–Kier alpha value is -1.85. The van der Waals surface area contributed by atoms with Crippen LogP contribution in [0.4, 0.5) is 0 Å². The average Bonchev–Trinajstić information content (AvgIpc) is 3.45. The third-order valence-electron chi connectivity index (χ3n) is 16.8. The smallest absolute Gasteiger partial charge is 0.306 e. The molecule has 0 amide bonds. The van der Waals surface area contributed by atoms with Crippen LogP contribution in [0, 0.1) is 0 Å². The highest BCUT2D eigenvalue weighted by Gasteiger charge is 2.19. The topological polar surface area (TPSA) is 78.9 Å². The molecule has 0 aromatic rings. The van der Waals surface area contributed by atoms with E-state index in [2.05, 4.69) is 32.9 Å². The third kappa shape index (κ3) is 66.8. The van der Waals surface area contributed by atoms with Gasteiger partial charge >= 0.3 is 17.9 Å². The fourth-order valence-electron chi connectivity index (χ4n) is 11.3. The van der Waals surface area contributed by atoms with Gasteiger partial charge < -0.3 is 14.2 Å². The minimum Gasteiger partial charge on any atom is -0.462 e. The summed E-state index contributed by atoms with van der Waals surface area (Å²) in [6.45, 7) is 6.72. The fraction of sp³-hybridized carbons (Fsp3) is 0.932. The van der Waals surface area contributed by atoms with Gasteiger partial charge in [0.1, 0.15) is 13.2 Å². The van der Waals surface area contributed by atoms with Crippen LogP contribution in [-0.2, 0) is 28.6 Å². The maximum absolute atomic E-state index is 12.9. The first-order valence-electron chi connectivity index (χ1n) is 36.2. The summed E-state index contributed by atoms with van der Waals surface area (Å²) in [5.41, 5.74) is 0. The van der Waals surface area contributed by atoms with Gasteiger partial charge in [-0.3, -0.25) is 14.4 Å². The van der Waals surface area contributed by atoms with Crippen LogP contribution in [0.2, 0.25) is 0 Å². The van der Waals surface area contributed by atoms with Crippen molar-refractivity contribution in [1.82, 2.24) is 0 Å². The van der Waals surface area contributed by atoms with Crippen LogP contribution < -0.4 is 0 Å². The molecule has 0 saturated carbocycles. The van der Waals surface area contributed by atoms with Crippen LogP contribution in [0.25, 0.3) is 0 Å². The third-order valence-corrected chi connectivity index (χ3v) is 16.8. The number of carbonyl (C=O) groups is 3. The van der Waals surface area contributed by atoms with Gasteiger partial charge in [-0.25, -0.2) is 0 Å². The Bertz CT molecular complexity index is 1230. The van der Waals surface area contributed by atoms with Gasteiger partial charge in [-0.05, 0) is 44.9 Å². The molecule has 1 atom stereocenters. The second-order valence-electron chi connectivity index (χ2n) is 24.9. The molecule has 0 aromatic carbocycles. The molecule has 0 spiro atoms. The Morgan fingerprint density at radius 3 is 0.633 bits per heavy atom. The second-order valence-corrected chi connectivity index (χ2v) is 24.9. The molecular formula is C73H140O6. The zero-order valence-electron chi connectivity index (χ0n) is 53.9. The summed E-state index contributed by atoms with van der Waals surface area (Å²) in [6, 6.07) is 0. The lowest BCUT2D eigenvalue weighted by molar-refractivity contribution is -0.167. The van der Waals surface area contributed by atoms with E-state index in [0.717, 1.165) is 57.8 Å². The summed E-state index contributed by atoms with van der Waals surface area (Å²) in [5.74, 6) is -0.835. The number of ether oxygens (including phenoxy) is 3. The highest BCUT2D eigenvalue weighted by Crippen LogP contribution is 2.19. The van der Waals surface area contributed by atoms with Crippen molar-refractivity contribution >= 4 is 17.9 Å². The van der Waals surface area contributed by atoms with Crippen LogP contribution in [0.15, 0.2) is 12.2 Å². The largest absolute Gasteiger partial charge is 0.462 e. The lowest BCUT2D eigenvalue weighted by Crippen LogP contribution is -2.30. The fourth-order valence-corrected chi connectivity index (χ4v) is 11.3. The molecule has 0 heterocycles. The summed E-state index contributed by atoms with van der Waals surface area (Å²) in [6.07, 6.45) is 82.6. The first-order valence-corrected chi connectivity index (χ1v) is 36.2. The summed E-state index contributed by atoms with van der Waals surface area (Å²) < 4.78 is 17.0. The molecule has 0 saturated heterocycles. The molecule has 79 heavy (non-hydrogen) atoms. The van der Waals surface area contributed by atoms with Gasteiger partial charge in [-0.2, -0.15) is 0 Å². The Morgan fingerprint density at radius 2 is 0.418 bits per heavy atom. The molecular weight excluding hydrogens is 973 g/mol. The van der Waals surface area contributed by atoms with Crippen LogP contribution in [0.3, 0.4) is 0 Å². The van der Waals surface area contributed by atoms with Crippen molar-refractivity contribution in [2.24, 2.45) is 0 Å². The second kappa shape index (κ2) is 68.6. The van der Waals surface area contributed by atoms with Crippen molar-refractivity contribution in [2.45, 2.75) is 425 Å². The highest BCUT2D eigenvalue weighted by molar-refractivity contribution is 5.71. The van der Waals surface area contributed by atoms with Crippen molar-refractivity contribution in [3.63, 3.8) is 0 Å². The summed E-state index contributed by atoms with van der Waals surface area (Å²) >= 11 is 0. The maximum atomic E-state index is 12.9. The Morgan fingerprint density at radius 1 is 0.241 bits per heavy atom. The van der Waals surface area contributed by atoms with Crippen molar-refractivity contribution in [2.75, 3.05) is 13.2 Å². The lowest BCUT2D eigenvalue weighted by Gasteiger charge is -2.18.